The minimum atomic E-state index is -1.13. The maximum Gasteiger partial charge on any atom is 0.408 e. The average Bonchev–Trinajstić information content (AvgIpc) is 2.80. The molecule has 2 unspecified atom stereocenters. The molecule has 0 aliphatic rings. The van der Waals surface area contributed by atoms with Crippen LogP contribution in [0.3, 0.4) is 0 Å². The zero-order valence-electron chi connectivity index (χ0n) is 24.1. The van der Waals surface area contributed by atoms with Gasteiger partial charge in [-0.15, -0.1) is 0 Å². The molecule has 4 amide bonds. The van der Waals surface area contributed by atoms with Crippen LogP contribution in [0.4, 0.5) is 10.5 Å². The molecule has 0 heterocycles. The van der Waals surface area contributed by atoms with Gasteiger partial charge < -0.3 is 26.0 Å². The first kappa shape index (κ1) is 31.3. The second-order valence-electron chi connectivity index (χ2n) is 10.9. The maximum absolute atomic E-state index is 14.1. The van der Waals surface area contributed by atoms with Crippen molar-refractivity contribution < 1.29 is 23.9 Å². The van der Waals surface area contributed by atoms with E-state index in [4.69, 9.17) is 10.5 Å². The normalized spacial score (nSPS) is 12.7. The molecule has 2 aromatic carbocycles. The molecule has 0 aliphatic carbocycles. The number of hydrogen-bond donors (Lipinski definition) is 3. The second kappa shape index (κ2) is 13.8. The van der Waals surface area contributed by atoms with Crippen LogP contribution < -0.4 is 16.4 Å². The minimum Gasteiger partial charge on any atom is -0.444 e. The van der Waals surface area contributed by atoms with Gasteiger partial charge in [0.05, 0.1) is 0 Å². The van der Waals surface area contributed by atoms with Gasteiger partial charge in [0.2, 0.25) is 11.8 Å². The lowest BCUT2D eigenvalue weighted by molar-refractivity contribution is -0.141. The molecule has 0 aromatic heterocycles. The largest absolute Gasteiger partial charge is 0.444 e. The van der Waals surface area contributed by atoms with Crippen LogP contribution in [0.1, 0.15) is 75.3 Å². The number of hydrogen-bond acceptors (Lipinski definition) is 5. The summed E-state index contributed by atoms with van der Waals surface area (Å²) in [6.45, 7) is 13.0. The molecule has 9 heteroatoms. The van der Waals surface area contributed by atoms with Crippen molar-refractivity contribution in [3.05, 3.63) is 64.7 Å². The number of anilines is 1. The number of benzene rings is 2. The Morgan fingerprint density at radius 2 is 1.62 bits per heavy atom. The van der Waals surface area contributed by atoms with Crippen molar-refractivity contribution in [3.8, 4) is 0 Å². The third kappa shape index (κ3) is 9.74. The van der Waals surface area contributed by atoms with Gasteiger partial charge >= 0.3 is 6.09 Å². The average molecular weight is 539 g/mol. The van der Waals surface area contributed by atoms with Crippen LogP contribution >= 0.6 is 0 Å². The molecular formula is C30H42N4O5. The van der Waals surface area contributed by atoms with Gasteiger partial charge in [-0.05, 0) is 71.6 Å². The van der Waals surface area contributed by atoms with Crippen LogP contribution in [0.25, 0.3) is 0 Å². The van der Waals surface area contributed by atoms with E-state index >= 15 is 0 Å². The van der Waals surface area contributed by atoms with E-state index in [-0.39, 0.29) is 25.3 Å². The van der Waals surface area contributed by atoms with E-state index in [0.717, 1.165) is 16.7 Å². The summed E-state index contributed by atoms with van der Waals surface area (Å²) in [6, 6.07) is 11.0. The molecule has 2 aromatic rings. The summed E-state index contributed by atoms with van der Waals surface area (Å²) in [6.07, 6.45) is -0.406. The van der Waals surface area contributed by atoms with Crippen LogP contribution in [-0.4, -0.2) is 46.9 Å². The number of nitrogens with two attached hydrogens (primary N) is 1. The Morgan fingerprint density at radius 3 is 2.15 bits per heavy atom. The van der Waals surface area contributed by atoms with E-state index in [9.17, 15) is 19.2 Å². The highest BCUT2D eigenvalue weighted by molar-refractivity contribution is 5.99. The SMILES string of the molecule is CCCN(C(=O)C(CCC(N)=O)NC(=O)OC(C)(C)C)C(C(=O)Nc1ccccc1C)c1cc(C)cc(C)c1. The van der Waals surface area contributed by atoms with Gasteiger partial charge in [-0.3, -0.25) is 14.4 Å². The number of rotatable bonds is 11. The molecule has 0 saturated carbocycles. The van der Waals surface area contributed by atoms with Crippen LogP contribution in [0, 0.1) is 20.8 Å². The van der Waals surface area contributed by atoms with Crippen LogP contribution in [-0.2, 0) is 19.1 Å². The van der Waals surface area contributed by atoms with Crippen LogP contribution in [0.5, 0.6) is 0 Å². The van der Waals surface area contributed by atoms with Gasteiger partial charge in [0.25, 0.3) is 5.91 Å². The Balaban J connectivity index is 2.56. The molecule has 39 heavy (non-hydrogen) atoms. The lowest BCUT2D eigenvalue weighted by atomic mass is 9.97. The molecule has 0 fully saturated rings. The Bertz CT molecular complexity index is 1170. The number of carbonyl (C=O) groups excluding carboxylic acids is 4. The summed E-state index contributed by atoms with van der Waals surface area (Å²) < 4.78 is 5.36. The number of primary amides is 1. The number of aryl methyl sites for hydroxylation is 3. The molecule has 0 saturated heterocycles. The topological polar surface area (TPSA) is 131 Å². The molecule has 2 atom stereocenters. The zero-order valence-corrected chi connectivity index (χ0v) is 24.1. The fourth-order valence-corrected chi connectivity index (χ4v) is 4.36. The number of carbonyl (C=O) groups is 4. The van der Waals surface area contributed by atoms with Crippen molar-refractivity contribution in [1.29, 1.82) is 0 Å². The van der Waals surface area contributed by atoms with Gasteiger partial charge in [0, 0.05) is 18.7 Å². The van der Waals surface area contributed by atoms with E-state index in [2.05, 4.69) is 10.6 Å². The van der Waals surface area contributed by atoms with Gasteiger partial charge in [0.15, 0.2) is 0 Å². The summed E-state index contributed by atoms with van der Waals surface area (Å²) in [4.78, 5) is 53.7. The fraction of sp³-hybridized carbons (Fsp3) is 0.467. The molecule has 0 bridgehead atoms. The van der Waals surface area contributed by atoms with Crippen molar-refractivity contribution in [2.24, 2.45) is 5.73 Å². The van der Waals surface area contributed by atoms with Crippen molar-refractivity contribution in [2.75, 3.05) is 11.9 Å². The monoisotopic (exact) mass is 538 g/mol. The molecular weight excluding hydrogens is 496 g/mol. The van der Waals surface area contributed by atoms with Crippen LogP contribution in [0.15, 0.2) is 42.5 Å². The molecule has 9 nitrogen and oxygen atoms in total. The van der Waals surface area contributed by atoms with Gasteiger partial charge in [-0.2, -0.15) is 0 Å². The first-order chi connectivity index (χ1) is 18.2. The number of ether oxygens (including phenoxy) is 1. The number of para-hydroxylation sites is 1. The highest BCUT2D eigenvalue weighted by atomic mass is 16.6. The van der Waals surface area contributed by atoms with Crippen molar-refractivity contribution in [2.45, 2.75) is 85.4 Å². The standard InChI is InChI=1S/C30H42N4O5/c1-8-15-34(28(37)24(13-14-25(31)35)33-29(38)39-30(5,6)7)26(22-17-19(2)16-20(3)18-22)27(36)32-23-12-10-9-11-21(23)4/h9-12,16-18,24,26H,8,13-15H2,1-7H3,(H2,31,35)(H,32,36)(H,33,38). The number of nitrogens with one attached hydrogen (secondary N) is 2. The fourth-order valence-electron chi connectivity index (χ4n) is 4.36. The predicted molar refractivity (Wildman–Crippen MR) is 152 cm³/mol. The van der Waals surface area contributed by atoms with E-state index < -0.39 is 35.6 Å². The van der Waals surface area contributed by atoms with E-state index in [1.165, 1.54) is 4.90 Å². The molecule has 2 rings (SSSR count). The van der Waals surface area contributed by atoms with Gasteiger partial charge in [-0.25, -0.2) is 4.79 Å². The highest BCUT2D eigenvalue weighted by Crippen LogP contribution is 2.28. The van der Waals surface area contributed by atoms with Crippen LogP contribution in [0.2, 0.25) is 0 Å². The quantitative estimate of drug-likeness (QED) is 0.382. The number of amides is 4. The molecule has 0 spiro atoms. The third-order valence-electron chi connectivity index (χ3n) is 5.94. The Hall–Kier alpha value is -3.88. The van der Waals surface area contributed by atoms with Crippen molar-refractivity contribution in [1.82, 2.24) is 10.2 Å². The lowest BCUT2D eigenvalue weighted by Crippen LogP contribution is -2.52. The first-order valence-electron chi connectivity index (χ1n) is 13.2. The van der Waals surface area contributed by atoms with Gasteiger partial charge in [0.1, 0.15) is 17.7 Å². The minimum absolute atomic E-state index is 0.0351. The maximum atomic E-state index is 14.1. The van der Waals surface area contributed by atoms with Gasteiger partial charge in [-0.1, -0.05) is 54.4 Å². The summed E-state index contributed by atoms with van der Waals surface area (Å²) in [5.41, 5.74) is 8.63. The highest BCUT2D eigenvalue weighted by Gasteiger charge is 2.36. The molecule has 4 N–H and O–H groups in total. The van der Waals surface area contributed by atoms with E-state index in [0.29, 0.717) is 17.7 Å². The molecule has 0 radical (unpaired) electrons. The Morgan fingerprint density at radius 1 is 1.00 bits per heavy atom. The summed E-state index contributed by atoms with van der Waals surface area (Å²) in [5, 5.41) is 5.59. The number of nitrogens with zero attached hydrogens (tertiary/aromatic N) is 1. The first-order valence-corrected chi connectivity index (χ1v) is 13.2. The number of alkyl carbamates (subject to hydrolysis) is 1. The van der Waals surface area contributed by atoms with E-state index in [1.54, 1.807) is 26.8 Å². The third-order valence-corrected chi connectivity index (χ3v) is 5.94. The lowest BCUT2D eigenvalue weighted by Gasteiger charge is -2.34. The Kier molecular flexibility index (Phi) is 11.1. The molecule has 212 valence electrons. The van der Waals surface area contributed by atoms with E-state index in [1.807, 2.05) is 64.1 Å². The zero-order chi connectivity index (χ0) is 29.3. The van der Waals surface area contributed by atoms with Crippen molar-refractivity contribution >= 4 is 29.5 Å². The predicted octanol–water partition coefficient (Wildman–Crippen LogP) is 4.69. The summed E-state index contributed by atoms with van der Waals surface area (Å²) in [5.74, 6) is -1.50. The summed E-state index contributed by atoms with van der Waals surface area (Å²) in [7, 11) is 0. The Labute approximate surface area is 231 Å². The summed E-state index contributed by atoms with van der Waals surface area (Å²) >= 11 is 0. The van der Waals surface area contributed by atoms with Crippen molar-refractivity contribution in [3.63, 3.8) is 0 Å². The smallest absolute Gasteiger partial charge is 0.408 e. The second-order valence-corrected chi connectivity index (χ2v) is 10.9. The molecule has 0 aliphatic heterocycles.